The number of hydrogen-bond acceptors (Lipinski definition) is 3. The van der Waals surface area contributed by atoms with Crippen LogP contribution in [0.1, 0.15) is 90.2 Å². The molecule has 0 spiro atoms. The molecule has 1 aromatic rings. The highest BCUT2D eigenvalue weighted by Gasteiger charge is 2.41. The van der Waals surface area contributed by atoms with Crippen molar-refractivity contribution in [2.24, 2.45) is 5.92 Å². The normalized spacial score (nSPS) is 13.0. The van der Waals surface area contributed by atoms with E-state index in [2.05, 4.69) is 53.8 Å². The van der Waals surface area contributed by atoms with Crippen molar-refractivity contribution in [1.29, 1.82) is 0 Å². The van der Waals surface area contributed by atoms with Gasteiger partial charge in [0.2, 0.25) is 0 Å². The van der Waals surface area contributed by atoms with Crippen molar-refractivity contribution in [3.8, 4) is 0 Å². The van der Waals surface area contributed by atoms with E-state index >= 15 is 0 Å². The molecule has 4 heteroatoms. The van der Waals surface area contributed by atoms with Crippen LogP contribution in [0.2, 0.25) is 0 Å². The zero-order valence-corrected chi connectivity index (χ0v) is 21.3. The number of rotatable bonds is 18. The Morgan fingerprint density at radius 2 is 1.38 bits per heavy atom. The van der Waals surface area contributed by atoms with Crippen LogP contribution < -0.4 is 0 Å². The average Bonchev–Trinajstić information content (AvgIpc) is 2.73. The minimum absolute atomic E-state index is 0.233. The molecule has 0 amide bonds. The molecule has 1 unspecified atom stereocenters. The minimum atomic E-state index is -0.914. The molecule has 0 bridgehead atoms. The summed E-state index contributed by atoms with van der Waals surface area (Å²) in [5.74, 6) is -0.681. The molecular weight excluding hydrogens is 475 g/mol. The first-order chi connectivity index (χ1) is 14.2. The lowest BCUT2D eigenvalue weighted by Gasteiger charge is -2.39. The topological polar surface area (TPSA) is 27.7 Å². The highest BCUT2D eigenvalue weighted by atomic mass is 127. The van der Waals surface area contributed by atoms with Gasteiger partial charge < -0.3 is 14.2 Å². The van der Waals surface area contributed by atoms with Gasteiger partial charge in [0.05, 0.1) is 0 Å². The van der Waals surface area contributed by atoms with Crippen molar-refractivity contribution in [3.05, 3.63) is 35.4 Å². The predicted octanol–water partition coefficient (Wildman–Crippen LogP) is 7.68. The van der Waals surface area contributed by atoms with Crippen LogP contribution in [0.3, 0.4) is 0 Å². The second-order valence-electron chi connectivity index (χ2n) is 7.65. The molecule has 0 heterocycles. The van der Waals surface area contributed by atoms with E-state index in [9.17, 15) is 0 Å². The predicted molar refractivity (Wildman–Crippen MR) is 132 cm³/mol. The maximum Gasteiger partial charge on any atom is 0.285 e. The molecule has 0 fully saturated rings. The quantitative estimate of drug-likeness (QED) is 0.0863. The maximum absolute atomic E-state index is 6.16. The third kappa shape index (κ3) is 10.1. The van der Waals surface area contributed by atoms with E-state index in [1.165, 1.54) is 49.7 Å². The summed E-state index contributed by atoms with van der Waals surface area (Å²) in [4.78, 5) is 0. The molecule has 168 valence electrons. The van der Waals surface area contributed by atoms with Crippen molar-refractivity contribution in [2.75, 3.05) is 19.8 Å². The first-order valence-electron chi connectivity index (χ1n) is 11.7. The van der Waals surface area contributed by atoms with Gasteiger partial charge in [0.15, 0.2) is 0 Å². The summed E-state index contributed by atoms with van der Waals surface area (Å²) in [6, 6.07) is 8.95. The summed E-state index contributed by atoms with van der Waals surface area (Å²) in [5, 5.41) is 0. The van der Waals surface area contributed by atoms with Crippen LogP contribution in [0, 0.1) is 5.92 Å². The standard InChI is InChI=1S/C25H43IO3/c1-5-9-10-11-12-13-17-24(25(27-6-2,28-7-3)29-8-4)19-18-22-15-14-16-23(20-22)21-26/h14-16,20,24H,5-13,17-19,21H2,1-4H3. The molecule has 0 aliphatic heterocycles. The lowest BCUT2D eigenvalue weighted by molar-refractivity contribution is -0.403. The molecule has 1 atom stereocenters. The van der Waals surface area contributed by atoms with Crippen molar-refractivity contribution in [3.63, 3.8) is 0 Å². The number of hydrogen-bond donors (Lipinski definition) is 0. The Hall–Kier alpha value is -0.170. The van der Waals surface area contributed by atoms with Gasteiger partial charge in [0.25, 0.3) is 5.97 Å². The van der Waals surface area contributed by atoms with Gasteiger partial charge in [-0.2, -0.15) is 0 Å². The van der Waals surface area contributed by atoms with Gasteiger partial charge in [-0.15, -0.1) is 0 Å². The molecule has 0 aliphatic rings. The lowest BCUT2D eigenvalue weighted by atomic mass is 9.91. The molecule has 0 aromatic heterocycles. The van der Waals surface area contributed by atoms with Crippen molar-refractivity contribution < 1.29 is 14.2 Å². The van der Waals surface area contributed by atoms with Gasteiger partial charge >= 0.3 is 0 Å². The van der Waals surface area contributed by atoms with E-state index in [1.807, 2.05) is 20.8 Å². The number of aryl methyl sites for hydroxylation is 1. The number of alkyl halides is 1. The smallest absolute Gasteiger partial charge is 0.285 e. The fraction of sp³-hybridized carbons (Fsp3) is 0.760. The van der Waals surface area contributed by atoms with Crippen LogP contribution in [-0.2, 0) is 25.1 Å². The second-order valence-corrected chi connectivity index (χ2v) is 8.41. The van der Waals surface area contributed by atoms with E-state index in [0.29, 0.717) is 19.8 Å². The third-order valence-electron chi connectivity index (χ3n) is 5.37. The van der Waals surface area contributed by atoms with Crippen LogP contribution in [0.5, 0.6) is 0 Å². The molecule has 1 aromatic carbocycles. The first kappa shape index (κ1) is 26.9. The largest absolute Gasteiger partial charge is 0.328 e. The van der Waals surface area contributed by atoms with Gasteiger partial charge in [0, 0.05) is 30.2 Å². The van der Waals surface area contributed by atoms with E-state index in [4.69, 9.17) is 14.2 Å². The van der Waals surface area contributed by atoms with Crippen molar-refractivity contribution >= 4 is 22.6 Å². The van der Waals surface area contributed by atoms with Gasteiger partial charge in [-0.25, -0.2) is 0 Å². The zero-order valence-electron chi connectivity index (χ0n) is 19.2. The van der Waals surface area contributed by atoms with E-state index in [1.54, 1.807) is 0 Å². The lowest BCUT2D eigenvalue weighted by Crippen LogP contribution is -2.47. The Morgan fingerprint density at radius 1 is 0.793 bits per heavy atom. The Morgan fingerprint density at radius 3 is 1.97 bits per heavy atom. The highest BCUT2D eigenvalue weighted by molar-refractivity contribution is 14.1. The number of benzene rings is 1. The first-order valence-corrected chi connectivity index (χ1v) is 13.2. The number of unbranched alkanes of at least 4 members (excludes halogenated alkanes) is 5. The Labute approximate surface area is 193 Å². The third-order valence-corrected chi connectivity index (χ3v) is 6.25. The SMILES string of the molecule is CCCCCCCCC(CCc1cccc(CI)c1)C(OCC)(OCC)OCC. The van der Waals surface area contributed by atoms with E-state index < -0.39 is 5.97 Å². The van der Waals surface area contributed by atoms with Gasteiger partial charge in [0.1, 0.15) is 0 Å². The Balaban J connectivity index is 2.85. The summed E-state index contributed by atoms with van der Waals surface area (Å²) in [5.41, 5.74) is 2.78. The van der Waals surface area contributed by atoms with E-state index in [0.717, 1.165) is 23.7 Å². The monoisotopic (exact) mass is 518 g/mol. The average molecular weight is 519 g/mol. The Kier molecular flexibility index (Phi) is 15.3. The fourth-order valence-electron chi connectivity index (χ4n) is 3.96. The minimum Gasteiger partial charge on any atom is -0.328 e. The van der Waals surface area contributed by atoms with Crippen LogP contribution >= 0.6 is 22.6 Å². The molecule has 3 nitrogen and oxygen atoms in total. The van der Waals surface area contributed by atoms with E-state index in [-0.39, 0.29) is 5.92 Å². The van der Waals surface area contributed by atoms with Crippen LogP contribution in [0.4, 0.5) is 0 Å². The summed E-state index contributed by atoms with van der Waals surface area (Å²) in [6.07, 6.45) is 10.9. The maximum atomic E-state index is 6.16. The highest BCUT2D eigenvalue weighted by Crippen LogP contribution is 2.34. The summed E-state index contributed by atoms with van der Waals surface area (Å²) in [6.45, 7) is 10.1. The van der Waals surface area contributed by atoms with Crippen molar-refractivity contribution in [1.82, 2.24) is 0 Å². The van der Waals surface area contributed by atoms with Gasteiger partial charge in [-0.05, 0) is 51.2 Å². The molecule has 0 radical (unpaired) electrons. The molecule has 29 heavy (non-hydrogen) atoms. The molecule has 0 N–H and O–H groups in total. The van der Waals surface area contributed by atoms with Crippen LogP contribution in [0.15, 0.2) is 24.3 Å². The Bertz CT molecular complexity index is 504. The molecular formula is C25H43IO3. The van der Waals surface area contributed by atoms with Gasteiger partial charge in [-0.1, -0.05) is 92.3 Å². The molecule has 0 saturated carbocycles. The molecule has 0 aliphatic carbocycles. The second kappa shape index (κ2) is 16.5. The number of ether oxygens (including phenoxy) is 3. The fourth-order valence-corrected chi connectivity index (χ4v) is 4.43. The van der Waals surface area contributed by atoms with Gasteiger partial charge in [-0.3, -0.25) is 0 Å². The number of halogens is 1. The van der Waals surface area contributed by atoms with Crippen LogP contribution in [0.25, 0.3) is 0 Å². The summed E-state index contributed by atoms with van der Waals surface area (Å²) in [7, 11) is 0. The summed E-state index contributed by atoms with van der Waals surface area (Å²) >= 11 is 2.43. The molecule has 0 saturated heterocycles. The zero-order chi connectivity index (χ0) is 21.4. The summed E-state index contributed by atoms with van der Waals surface area (Å²) < 4.78 is 19.5. The van der Waals surface area contributed by atoms with Crippen molar-refractivity contribution in [2.45, 2.75) is 95.9 Å². The van der Waals surface area contributed by atoms with Crippen LogP contribution in [-0.4, -0.2) is 25.8 Å². The molecule has 1 rings (SSSR count).